The first-order chi connectivity index (χ1) is 44.0. The zero-order chi connectivity index (χ0) is 62.4. The molecular formula is C72H42BN3. The summed E-state index contributed by atoms with van der Waals surface area (Å²) in [4.78, 5) is 0. The maximum absolute atomic E-state index is 9.45. The minimum absolute atomic E-state index is 0.00540. The van der Waals surface area contributed by atoms with Crippen molar-refractivity contribution in [1.29, 1.82) is 0 Å². The van der Waals surface area contributed by atoms with E-state index in [4.69, 9.17) is 15.1 Å². The first-order valence-corrected chi connectivity index (χ1v) is 25.3. The van der Waals surface area contributed by atoms with Gasteiger partial charge in [-0.25, -0.2) is 0 Å². The Morgan fingerprint density at radius 3 is 1.45 bits per heavy atom. The second-order valence-corrected chi connectivity index (χ2v) is 20.0. The van der Waals surface area contributed by atoms with Gasteiger partial charge in [0.05, 0.1) is 53.8 Å². The molecule has 0 saturated heterocycles. The molecule has 0 fully saturated rings. The molecule has 0 aliphatic carbocycles. The van der Waals surface area contributed by atoms with E-state index in [9.17, 15) is 5.48 Å². The molecule has 0 atom stereocenters. The highest BCUT2D eigenvalue weighted by Gasteiger charge is 2.43. The van der Waals surface area contributed by atoms with Gasteiger partial charge >= 0.3 is 0 Å². The average molecular weight is 975 g/mol. The predicted molar refractivity (Wildman–Crippen MR) is 323 cm³/mol. The molecule has 0 bridgehead atoms. The Hall–Kier alpha value is -9.90. The monoisotopic (exact) mass is 974 g/mol. The zero-order valence-corrected chi connectivity index (χ0v) is 40.0. The summed E-state index contributed by atoms with van der Waals surface area (Å²) in [6, 6.07) is 49.0. The van der Waals surface area contributed by atoms with Gasteiger partial charge in [0.25, 0.3) is 6.71 Å². The van der Waals surface area contributed by atoms with Crippen LogP contribution in [0.4, 0.5) is 0 Å². The van der Waals surface area contributed by atoms with Crippen molar-refractivity contribution in [2.24, 2.45) is 0 Å². The van der Waals surface area contributed by atoms with Crippen LogP contribution in [0.25, 0.3) is 148 Å². The van der Waals surface area contributed by atoms with Gasteiger partial charge < -0.3 is 13.5 Å². The van der Waals surface area contributed by atoms with Crippen LogP contribution in [0.5, 0.6) is 0 Å². The van der Waals surface area contributed by atoms with E-state index in [1.165, 1.54) is 0 Å². The molecule has 0 unspecified atom stereocenters. The highest BCUT2D eigenvalue weighted by atomic mass is 15.0. The van der Waals surface area contributed by atoms with Gasteiger partial charge in [-0.1, -0.05) is 212 Å². The largest absolute Gasteiger partial charge is 0.310 e. The van der Waals surface area contributed by atoms with Crippen LogP contribution in [0.15, 0.2) is 254 Å². The normalized spacial score (nSPS) is 15.5. The Labute approximate surface area is 458 Å². The standard InChI is InChI=1S/C72H42BN3/c1-4-18-43(19-5-1)46-34-36-63-57(38-46)55-30-17-32-60-70(55)75(63)66-42-65-67(56-31-16-29-54-52-27-13-11-25-50(52)49-24-10-12-26-51(49)53-28-14-15-33-62(53)74(65)69(54)56)72-68(66)73(60)61-41-48(45-22-8-3-9-23-45)40-59-58-39-47(44-20-6-2-7-21-44)35-37-64(58)76(72)71(59)61/h1-42H/i1D,2D,3D,4D,5D,6D,7D,8D,9D,18D,19D,20D,21D,22D,23D. The average Bonchev–Trinajstić information content (AvgIpc) is 1.55. The molecule has 2 aliphatic heterocycles. The number of nitrogens with zero attached hydrogens (tertiary/aromatic N) is 3. The topological polar surface area (TPSA) is 14.3 Å². The number of benzene rings is 12. The number of rotatable bonds is 3. The molecule has 3 nitrogen and oxygen atoms in total. The highest BCUT2D eigenvalue weighted by Crippen LogP contribution is 2.47. The molecule has 16 aromatic rings. The van der Waals surface area contributed by atoms with Crippen molar-refractivity contribution in [3.05, 3.63) is 254 Å². The number of hydrogen-bond acceptors (Lipinski definition) is 0. The van der Waals surface area contributed by atoms with Crippen LogP contribution >= 0.6 is 0 Å². The second kappa shape index (κ2) is 14.9. The van der Waals surface area contributed by atoms with Crippen LogP contribution in [-0.4, -0.2) is 20.2 Å². The van der Waals surface area contributed by atoms with Crippen LogP contribution in [0.1, 0.15) is 20.6 Å². The van der Waals surface area contributed by atoms with Crippen molar-refractivity contribution in [2.75, 3.05) is 0 Å². The van der Waals surface area contributed by atoms with Crippen molar-refractivity contribution in [3.8, 4) is 44.8 Å². The molecule has 2 aliphatic rings. The van der Waals surface area contributed by atoms with Gasteiger partial charge in [0.1, 0.15) is 0 Å². The Morgan fingerprint density at radius 1 is 0.303 bits per heavy atom. The summed E-state index contributed by atoms with van der Waals surface area (Å²) in [6.07, 6.45) is 0. The first-order valence-electron chi connectivity index (χ1n) is 32.8. The minimum Gasteiger partial charge on any atom is -0.310 e. The fourth-order valence-electron chi connectivity index (χ4n) is 13.5. The van der Waals surface area contributed by atoms with E-state index in [2.05, 4.69) is 117 Å². The quantitative estimate of drug-likeness (QED) is 0.157. The van der Waals surface area contributed by atoms with Crippen molar-refractivity contribution in [2.45, 2.75) is 0 Å². The lowest BCUT2D eigenvalue weighted by molar-refractivity contribution is 1.15. The van der Waals surface area contributed by atoms with Crippen LogP contribution in [-0.2, 0) is 0 Å². The van der Waals surface area contributed by atoms with E-state index in [0.29, 0.717) is 33.0 Å². The first kappa shape index (κ1) is 29.1. The lowest BCUT2D eigenvalue weighted by Gasteiger charge is -2.34. The summed E-state index contributed by atoms with van der Waals surface area (Å²) in [7, 11) is 0. The van der Waals surface area contributed by atoms with Crippen molar-refractivity contribution in [1.82, 2.24) is 13.5 Å². The molecule has 0 amide bonds. The van der Waals surface area contributed by atoms with E-state index in [0.717, 1.165) is 115 Å². The Morgan fingerprint density at radius 2 is 0.789 bits per heavy atom. The number of aromatic nitrogens is 3. The van der Waals surface area contributed by atoms with Crippen molar-refractivity contribution >= 4 is 126 Å². The SMILES string of the molecule is [2H]c1c([2H])c([2H])c(-c2ccc3c(c2)c2cccc4c2n3-c2cc3c(c5c2B4c2cc(-c4c([2H])c([2H])c([2H])c([2H])c4[2H])cc4c6cc(-c7c([2H])c([2H])c([2H])c([2H])c7[2H])ccc6n-5c24)c2cccc4c5ccccc5c5ccccc5c5ccccc5n3c42)c([2H])c1[2H]. The second-order valence-electron chi connectivity index (χ2n) is 20.0. The van der Waals surface area contributed by atoms with Gasteiger partial charge in [0.15, 0.2) is 0 Å². The molecule has 348 valence electrons. The van der Waals surface area contributed by atoms with E-state index in [1.807, 2.05) is 54.6 Å². The van der Waals surface area contributed by atoms with Crippen LogP contribution in [0.2, 0.25) is 0 Å². The molecular weight excluding hydrogens is 918 g/mol. The fourth-order valence-corrected chi connectivity index (χ4v) is 13.5. The Kier molecular flexibility index (Phi) is 5.70. The summed E-state index contributed by atoms with van der Waals surface area (Å²) in [5, 5.41) is 11.0. The molecule has 0 N–H and O–H groups in total. The van der Waals surface area contributed by atoms with Crippen LogP contribution in [0, 0.1) is 0 Å². The summed E-state index contributed by atoms with van der Waals surface area (Å²) >= 11 is 0. The lowest BCUT2D eigenvalue weighted by atomic mass is 9.34. The van der Waals surface area contributed by atoms with Crippen molar-refractivity contribution < 1.29 is 20.6 Å². The molecule has 4 aromatic heterocycles. The molecule has 18 rings (SSSR count). The third kappa shape index (κ3) is 5.22. The summed E-state index contributed by atoms with van der Waals surface area (Å²) in [6.45, 7) is -0.625. The van der Waals surface area contributed by atoms with Gasteiger partial charge in [0, 0.05) is 59.8 Å². The number of para-hydroxylation sites is 3. The molecule has 0 saturated carbocycles. The fraction of sp³-hybridized carbons (Fsp3) is 0. The highest BCUT2D eigenvalue weighted by molar-refractivity contribution is 7.00. The summed E-state index contributed by atoms with van der Waals surface area (Å²) < 4.78 is 141. The van der Waals surface area contributed by atoms with E-state index >= 15 is 0 Å². The Balaban J connectivity index is 1.10. The molecule has 6 heterocycles. The maximum Gasteiger partial charge on any atom is 0.252 e. The molecule has 12 aromatic carbocycles. The predicted octanol–water partition coefficient (Wildman–Crippen LogP) is 16.6. The lowest BCUT2D eigenvalue weighted by Crippen LogP contribution is -2.59. The summed E-state index contributed by atoms with van der Waals surface area (Å²) in [5.41, 5.74) is 11.3. The van der Waals surface area contributed by atoms with Crippen LogP contribution in [0.3, 0.4) is 0 Å². The summed E-state index contributed by atoms with van der Waals surface area (Å²) in [5.74, 6) is 0. The zero-order valence-electron chi connectivity index (χ0n) is 55.0. The number of hydrogen-bond donors (Lipinski definition) is 0. The van der Waals surface area contributed by atoms with E-state index in [1.54, 1.807) is 6.07 Å². The van der Waals surface area contributed by atoms with Gasteiger partial charge in [-0.15, -0.1) is 0 Å². The minimum atomic E-state index is -0.625. The van der Waals surface area contributed by atoms with Crippen molar-refractivity contribution in [3.63, 3.8) is 0 Å². The smallest absolute Gasteiger partial charge is 0.252 e. The van der Waals surface area contributed by atoms with Gasteiger partial charge in [0.2, 0.25) is 0 Å². The van der Waals surface area contributed by atoms with E-state index in [-0.39, 0.29) is 52.9 Å². The Bertz CT molecular complexity index is 6160. The number of fused-ring (bicyclic) bond motifs is 21. The van der Waals surface area contributed by atoms with Gasteiger partial charge in [-0.05, 0) is 114 Å². The molecule has 76 heavy (non-hydrogen) atoms. The van der Waals surface area contributed by atoms with Crippen LogP contribution < -0.4 is 16.4 Å². The van der Waals surface area contributed by atoms with Gasteiger partial charge in [-0.3, -0.25) is 0 Å². The van der Waals surface area contributed by atoms with Gasteiger partial charge in [-0.2, -0.15) is 0 Å². The third-order valence-corrected chi connectivity index (χ3v) is 16.4. The molecule has 4 heteroatoms. The third-order valence-electron chi connectivity index (χ3n) is 16.4. The van der Waals surface area contributed by atoms with E-state index < -0.39 is 61.1 Å². The molecule has 0 radical (unpaired) electrons. The maximum atomic E-state index is 9.45. The molecule has 0 spiro atoms.